The normalized spacial score (nSPS) is 10.6. The Kier molecular flexibility index (Phi) is 4.34. The zero-order chi connectivity index (χ0) is 14.5. The van der Waals surface area contributed by atoms with E-state index in [-0.39, 0.29) is 11.9 Å². The first-order chi connectivity index (χ1) is 9.54. The molecule has 2 heterocycles. The quantitative estimate of drug-likeness (QED) is 0.873. The summed E-state index contributed by atoms with van der Waals surface area (Å²) in [6.07, 6.45) is 1.61. The van der Waals surface area contributed by atoms with Crippen molar-refractivity contribution in [2.24, 2.45) is 0 Å². The Labute approximate surface area is 117 Å². The van der Waals surface area contributed by atoms with Gasteiger partial charge in [-0.2, -0.15) is 0 Å². The van der Waals surface area contributed by atoms with Crippen molar-refractivity contribution >= 4 is 11.9 Å². The minimum atomic E-state index is -0.202. The lowest BCUT2D eigenvalue weighted by atomic mass is 10.3. The van der Waals surface area contributed by atoms with Crippen LogP contribution in [-0.2, 0) is 6.54 Å². The van der Waals surface area contributed by atoms with E-state index in [0.717, 1.165) is 11.5 Å². The van der Waals surface area contributed by atoms with Gasteiger partial charge in [-0.15, -0.1) is 0 Å². The van der Waals surface area contributed by atoms with Crippen LogP contribution < -0.4 is 10.6 Å². The molecule has 0 saturated carbocycles. The fraction of sp³-hybridized carbons (Fsp3) is 0.357. The first-order valence-electron chi connectivity index (χ1n) is 6.47. The van der Waals surface area contributed by atoms with Crippen LogP contribution in [0.4, 0.5) is 5.95 Å². The Balaban J connectivity index is 2.09. The van der Waals surface area contributed by atoms with Crippen LogP contribution >= 0.6 is 0 Å². The van der Waals surface area contributed by atoms with Crippen molar-refractivity contribution in [3.63, 3.8) is 0 Å². The number of anilines is 1. The zero-order valence-corrected chi connectivity index (χ0v) is 11.8. The number of carbonyl (C=O) groups excluding carboxylic acids is 1. The third-order valence-corrected chi connectivity index (χ3v) is 2.51. The summed E-state index contributed by atoms with van der Waals surface area (Å²) in [7, 11) is 0. The fourth-order valence-electron chi connectivity index (χ4n) is 1.68. The lowest BCUT2D eigenvalue weighted by molar-refractivity contribution is 0.0938. The summed E-state index contributed by atoms with van der Waals surface area (Å²) in [4.78, 5) is 20.4. The Morgan fingerprint density at radius 3 is 2.85 bits per heavy atom. The molecule has 106 valence electrons. The summed E-state index contributed by atoms with van der Waals surface area (Å²) >= 11 is 0. The standard InChI is InChI=1S/C14H18N4O2/c1-9(2)16-13(19)12-7-10(3)17-14(18-12)15-8-11-5-4-6-20-11/h4-7,9H,8H2,1-3H3,(H,16,19)(H,15,17,18). The average Bonchev–Trinajstić information content (AvgIpc) is 2.88. The van der Waals surface area contributed by atoms with Crippen molar-refractivity contribution in [2.75, 3.05) is 5.32 Å². The monoisotopic (exact) mass is 274 g/mol. The molecule has 2 rings (SSSR count). The number of aromatic nitrogens is 2. The highest BCUT2D eigenvalue weighted by Gasteiger charge is 2.11. The van der Waals surface area contributed by atoms with Gasteiger partial charge in [0.1, 0.15) is 11.5 Å². The molecular formula is C14H18N4O2. The van der Waals surface area contributed by atoms with E-state index in [9.17, 15) is 4.79 Å². The maximum atomic E-state index is 11.9. The van der Waals surface area contributed by atoms with Gasteiger partial charge in [0.25, 0.3) is 5.91 Å². The first kappa shape index (κ1) is 14.0. The van der Waals surface area contributed by atoms with E-state index in [1.165, 1.54) is 0 Å². The molecule has 0 radical (unpaired) electrons. The molecule has 0 aromatic carbocycles. The zero-order valence-electron chi connectivity index (χ0n) is 11.8. The molecule has 2 N–H and O–H groups in total. The number of hydrogen-bond acceptors (Lipinski definition) is 5. The van der Waals surface area contributed by atoms with Gasteiger partial charge in [0, 0.05) is 11.7 Å². The molecule has 0 saturated heterocycles. The van der Waals surface area contributed by atoms with E-state index in [1.54, 1.807) is 12.3 Å². The van der Waals surface area contributed by atoms with Crippen molar-refractivity contribution in [3.05, 3.63) is 41.6 Å². The lowest BCUT2D eigenvalue weighted by Crippen LogP contribution is -2.31. The molecular weight excluding hydrogens is 256 g/mol. The van der Waals surface area contributed by atoms with Crippen LogP contribution in [0.2, 0.25) is 0 Å². The van der Waals surface area contributed by atoms with Crippen molar-refractivity contribution in [1.29, 1.82) is 0 Å². The van der Waals surface area contributed by atoms with Crippen LogP contribution in [0, 0.1) is 6.92 Å². The van der Waals surface area contributed by atoms with E-state index >= 15 is 0 Å². The van der Waals surface area contributed by atoms with E-state index in [0.29, 0.717) is 18.2 Å². The summed E-state index contributed by atoms with van der Waals surface area (Å²) in [6.45, 7) is 6.11. The van der Waals surface area contributed by atoms with Crippen LogP contribution in [0.1, 0.15) is 35.8 Å². The van der Waals surface area contributed by atoms with Gasteiger partial charge in [0.15, 0.2) is 0 Å². The van der Waals surface area contributed by atoms with Gasteiger partial charge < -0.3 is 15.1 Å². The molecule has 0 aliphatic heterocycles. The lowest BCUT2D eigenvalue weighted by Gasteiger charge is -2.10. The number of rotatable bonds is 5. The minimum Gasteiger partial charge on any atom is -0.467 e. The van der Waals surface area contributed by atoms with Crippen LogP contribution in [0.3, 0.4) is 0 Å². The number of hydrogen-bond donors (Lipinski definition) is 2. The maximum absolute atomic E-state index is 11.9. The van der Waals surface area contributed by atoms with Crippen LogP contribution in [-0.4, -0.2) is 21.9 Å². The Hall–Kier alpha value is -2.37. The molecule has 2 aromatic heterocycles. The van der Waals surface area contributed by atoms with Crippen LogP contribution in [0.15, 0.2) is 28.9 Å². The molecule has 20 heavy (non-hydrogen) atoms. The third-order valence-electron chi connectivity index (χ3n) is 2.51. The van der Waals surface area contributed by atoms with Gasteiger partial charge >= 0.3 is 0 Å². The SMILES string of the molecule is Cc1cc(C(=O)NC(C)C)nc(NCc2ccco2)n1. The molecule has 6 heteroatoms. The topological polar surface area (TPSA) is 80.0 Å². The second kappa shape index (κ2) is 6.18. The fourth-order valence-corrected chi connectivity index (χ4v) is 1.68. The molecule has 6 nitrogen and oxygen atoms in total. The molecule has 0 unspecified atom stereocenters. The van der Waals surface area contributed by atoms with Crippen molar-refractivity contribution in [3.8, 4) is 0 Å². The van der Waals surface area contributed by atoms with Gasteiger partial charge in [-0.25, -0.2) is 9.97 Å². The number of furan rings is 1. The Morgan fingerprint density at radius 2 is 2.20 bits per heavy atom. The Morgan fingerprint density at radius 1 is 1.40 bits per heavy atom. The van der Waals surface area contributed by atoms with Gasteiger partial charge in [-0.1, -0.05) is 0 Å². The molecule has 0 aliphatic rings. The highest BCUT2D eigenvalue weighted by atomic mass is 16.3. The summed E-state index contributed by atoms with van der Waals surface area (Å²) < 4.78 is 5.22. The van der Waals surface area contributed by atoms with Crippen molar-refractivity contribution < 1.29 is 9.21 Å². The summed E-state index contributed by atoms with van der Waals surface area (Å²) in [6, 6.07) is 5.40. The minimum absolute atomic E-state index is 0.0669. The van der Waals surface area contributed by atoms with Gasteiger partial charge in [0.2, 0.25) is 5.95 Å². The van der Waals surface area contributed by atoms with E-state index < -0.39 is 0 Å². The number of nitrogens with one attached hydrogen (secondary N) is 2. The molecule has 0 fully saturated rings. The number of aryl methyl sites for hydroxylation is 1. The second-order valence-corrected chi connectivity index (χ2v) is 4.78. The number of carbonyl (C=O) groups is 1. The van der Waals surface area contributed by atoms with E-state index in [2.05, 4.69) is 20.6 Å². The second-order valence-electron chi connectivity index (χ2n) is 4.78. The maximum Gasteiger partial charge on any atom is 0.270 e. The summed E-state index contributed by atoms with van der Waals surface area (Å²) in [5, 5.41) is 5.85. The molecule has 0 atom stereocenters. The van der Waals surface area contributed by atoms with Gasteiger partial charge in [-0.05, 0) is 39.0 Å². The summed E-state index contributed by atoms with van der Waals surface area (Å²) in [5.41, 5.74) is 1.09. The predicted molar refractivity (Wildman–Crippen MR) is 75.4 cm³/mol. The average molecular weight is 274 g/mol. The van der Waals surface area contributed by atoms with Gasteiger partial charge in [-0.3, -0.25) is 4.79 Å². The molecule has 1 amide bonds. The van der Waals surface area contributed by atoms with Crippen LogP contribution in [0.25, 0.3) is 0 Å². The molecule has 2 aromatic rings. The largest absolute Gasteiger partial charge is 0.467 e. The number of amides is 1. The molecule has 0 bridgehead atoms. The third kappa shape index (κ3) is 3.81. The van der Waals surface area contributed by atoms with Crippen molar-refractivity contribution in [1.82, 2.24) is 15.3 Å². The summed E-state index contributed by atoms with van der Waals surface area (Å²) in [5.74, 6) is 0.991. The smallest absolute Gasteiger partial charge is 0.270 e. The van der Waals surface area contributed by atoms with Gasteiger partial charge in [0.05, 0.1) is 12.8 Å². The highest BCUT2D eigenvalue weighted by Crippen LogP contribution is 2.08. The van der Waals surface area contributed by atoms with Crippen molar-refractivity contribution in [2.45, 2.75) is 33.4 Å². The van der Waals surface area contributed by atoms with Crippen LogP contribution in [0.5, 0.6) is 0 Å². The Bertz CT molecular complexity index is 579. The predicted octanol–water partition coefficient (Wildman–Crippen LogP) is 2.13. The highest BCUT2D eigenvalue weighted by molar-refractivity contribution is 5.92. The van der Waals surface area contributed by atoms with E-state index in [4.69, 9.17) is 4.42 Å². The van der Waals surface area contributed by atoms with E-state index in [1.807, 2.05) is 32.9 Å². The molecule has 0 aliphatic carbocycles. The first-order valence-corrected chi connectivity index (χ1v) is 6.47. The number of nitrogens with zero attached hydrogens (tertiary/aromatic N) is 2. The molecule has 0 spiro atoms.